The van der Waals surface area contributed by atoms with Crippen LogP contribution in [0.4, 0.5) is 11.4 Å². The highest BCUT2D eigenvalue weighted by molar-refractivity contribution is 5.72. The molecule has 0 N–H and O–H groups in total. The Morgan fingerprint density at radius 3 is 2.47 bits per heavy atom. The number of rotatable bonds is 1. The molecule has 1 aliphatic rings. The minimum atomic E-state index is 0.741. The molecule has 0 unspecified atom stereocenters. The van der Waals surface area contributed by atoms with Crippen LogP contribution in [0.25, 0.3) is 0 Å². The van der Waals surface area contributed by atoms with Crippen LogP contribution in [0.1, 0.15) is 5.56 Å². The lowest BCUT2D eigenvalue weighted by Gasteiger charge is -2.32. The molecule has 0 fully saturated rings. The Hall–Kier alpha value is -1.96. The van der Waals surface area contributed by atoms with Gasteiger partial charge in [-0.1, -0.05) is 30.3 Å². The minimum Gasteiger partial charge on any atom is -0.490 e. The van der Waals surface area contributed by atoms with Crippen LogP contribution in [0.5, 0.6) is 5.75 Å². The molecule has 2 aromatic rings. The van der Waals surface area contributed by atoms with E-state index in [0.29, 0.717) is 0 Å². The van der Waals surface area contributed by atoms with E-state index in [1.54, 1.807) is 0 Å². The molecule has 0 spiro atoms. The summed E-state index contributed by atoms with van der Waals surface area (Å²) in [6.45, 7) is 3.79. The van der Waals surface area contributed by atoms with E-state index in [1.165, 1.54) is 11.3 Å². The van der Waals surface area contributed by atoms with Crippen molar-refractivity contribution in [3.63, 3.8) is 0 Å². The zero-order valence-electron chi connectivity index (χ0n) is 9.89. The van der Waals surface area contributed by atoms with Crippen molar-refractivity contribution in [3.05, 3.63) is 54.1 Å². The predicted octanol–water partition coefficient (Wildman–Crippen LogP) is 3.53. The van der Waals surface area contributed by atoms with Crippen molar-refractivity contribution in [1.82, 2.24) is 0 Å². The van der Waals surface area contributed by atoms with Crippen molar-refractivity contribution >= 4 is 11.4 Å². The van der Waals surface area contributed by atoms with Gasteiger partial charge in [0.25, 0.3) is 0 Å². The first-order valence-electron chi connectivity index (χ1n) is 5.91. The lowest BCUT2D eigenvalue weighted by atomic mass is 10.1. The Morgan fingerprint density at radius 2 is 1.65 bits per heavy atom. The summed E-state index contributed by atoms with van der Waals surface area (Å²) in [6, 6.07) is 16.7. The van der Waals surface area contributed by atoms with Gasteiger partial charge >= 0.3 is 0 Å². The standard InChI is InChI=1S/C15H15NO/c1-12-6-2-3-7-13(12)16-10-11-17-15-9-5-4-8-14(15)16/h2-9H,10-11H2,1H3. The number of hydrogen-bond donors (Lipinski definition) is 0. The quantitative estimate of drug-likeness (QED) is 0.736. The van der Waals surface area contributed by atoms with Crippen LogP contribution in [0.3, 0.4) is 0 Å². The number of anilines is 2. The Kier molecular flexibility index (Phi) is 2.48. The van der Waals surface area contributed by atoms with Crippen molar-refractivity contribution < 1.29 is 4.74 Å². The number of benzene rings is 2. The second-order valence-electron chi connectivity index (χ2n) is 4.25. The molecule has 2 nitrogen and oxygen atoms in total. The predicted molar refractivity (Wildman–Crippen MR) is 70.1 cm³/mol. The molecule has 2 aromatic carbocycles. The molecule has 1 heterocycles. The third kappa shape index (κ3) is 1.76. The highest BCUT2D eigenvalue weighted by Crippen LogP contribution is 2.37. The molecule has 0 bridgehead atoms. The highest BCUT2D eigenvalue weighted by Gasteiger charge is 2.19. The fourth-order valence-electron chi connectivity index (χ4n) is 2.29. The summed E-state index contributed by atoms with van der Waals surface area (Å²) in [7, 11) is 0. The van der Waals surface area contributed by atoms with Crippen molar-refractivity contribution in [2.24, 2.45) is 0 Å². The van der Waals surface area contributed by atoms with E-state index in [1.807, 2.05) is 12.1 Å². The molecule has 0 radical (unpaired) electrons. The van der Waals surface area contributed by atoms with Gasteiger partial charge in [0.05, 0.1) is 12.2 Å². The Balaban J connectivity index is 2.09. The molecule has 0 aromatic heterocycles. The molecule has 0 saturated heterocycles. The fourth-order valence-corrected chi connectivity index (χ4v) is 2.29. The van der Waals surface area contributed by atoms with E-state index in [-0.39, 0.29) is 0 Å². The van der Waals surface area contributed by atoms with Crippen molar-refractivity contribution in [1.29, 1.82) is 0 Å². The molecule has 3 rings (SSSR count). The van der Waals surface area contributed by atoms with Gasteiger partial charge in [-0.15, -0.1) is 0 Å². The number of nitrogens with zero attached hydrogens (tertiary/aromatic N) is 1. The van der Waals surface area contributed by atoms with Gasteiger partial charge in [0.1, 0.15) is 12.4 Å². The van der Waals surface area contributed by atoms with E-state index >= 15 is 0 Å². The summed E-state index contributed by atoms with van der Waals surface area (Å²) in [4.78, 5) is 2.33. The van der Waals surface area contributed by atoms with Gasteiger partial charge in [-0.3, -0.25) is 0 Å². The summed E-state index contributed by atoms with van der Waals surface area (Å²) >= 11 is 0. The number of ether oxygens (including phenoxy) is 1. The first-order chi connectivity index (χ1) is 8.36. The number of aryl methyl sites for hydroxylation is 1. The molecule has 2 heteroatoms. The Bertz CT molecular complexity index is 536. The molecule has 0 amide bonds. The van der Waals surface area contributed by atoms with Crippen molar-refractivity contribution in [2.45, 2.75) is 6.92 Å². The van der Waals surface area contributed by atoms with E-state index in [9.17, 15) is 0 Å². The van der Waals surface area contributed by atoms with Gasteiger partial charge < -0.3 is 9.64 Å². The smallest absolute Gasteiger partial charge is 0.143 e. The Morgan fingerprint density at radius 1 is 0.941 bits per heavy atom. The molecule has 86 valence electrons. The van der Waals surface area contributed by atoms with E-state index in [2.05, 4.69) is 48.2 Å². The number of hydrogen-bond acceptors (Lipinski definition) is 2. The molecule has 0 saturated carbocycles. The lowest BCUT2D eigenvalue weighted by Crippen LogP contribution is -2.28. The van der Waals surface area contributed by atoms with Crippen molar-refractivity contribution in [3.8, 4) is 5.75 Å². The summed E-state index contributed by atoms with van der Waals surface area (Å²) in [5.74, 6) is 0.974. The van der Waals surface area contributed by atoms with Crippen LogP contribution < -0.4 is 9.64 Å². The Labute approximate surface area is 101 Å². The molecule has 1 aliphatic heterocycles. The van der Waals surface area contributed by atoms with Crippen molar-refractivity contribution in [2.75, 3.05) is 18.1 Å². The summed E-state index contributed by atoms with van der Waals surface area (Å²) in [6.07, 6.45) is 0. The molecule has 17 heavy (non-hydrogen) atoms. The first-order valence-corrected chi connectivity index (χ1v) is 5.91. The maximum absolute atomic E-state index is 5.67. The summed E-state index contributed by atoms with van der Waals surface area (Å²) in [5.41, 5.74) is 3.72. The van der Waals surface area contributed by atoms with Crippen LogP contribution in [0, 0.1) is 6.92 Å². The SMILES string of the molecule is Cc1ccccc1N1CCOc2ccccc21. The third-order valence-corrected chi connectivity index (χ3v) is 3.13. The largest absolute Gasteiger partial charge is 0.490 e. The second-order valence-corrected chi connectivity index (χ2v) is 4.25. The lowest BCUT2D eigenvalue weighted by molar-refractivity contribution is 0.314. The average Bonchev–Trinajstić information content (AvgIpc) is 2.39. The average molecular weight is 225 g/mol. The second kappa shape index (κ2) is 4.13. The van der Waals surface area contributed by atoms with E-state index < -0.39 is 0 Å². The number of para-hydroxylation sites is 3. The van der Waals surface area contributed by atoms with Gasteiger partial charge in [0.15, 0.2) is 0 Å². The first kappa shape index (κ1) is 10.2. The molecular weight excluding hydrogens is 210 g/mol. The fraction of sp³-hybridized carbons (Fsp3) is 0.200. The highest BCUT2D eigenvalue weighted by atomic mass is 16.5. The summed E-state index contributed by atoms with van der Waals surface area (Å²) in [5, 5.41) is 0. The maximum atomic E-state index is 5.67. The minimum absolute atomic E-state index is 0.741. The van der Waals surface area contributed by atoms with Gasteiger partial charge in [0.2, 0.25) is 0 Å². The van der Waals surface area contributed by atoms with Gasteiger partial charge in [-0.2, -0.15) is 0 Å². The van der Waals surface area contributed by atoms with Gasteiger partial charge in [0, 0.05) is 5.69 Å². The van der Waals surface area contributed by atoms with Crippen LogP contribution in [0.15, 0.2) is 48.5 Å². The normalized spacial score (nSPS) is 14.1. The topological polar surface area (TPSA) is 12.5 Å². The van der Waals surface area contributed by atoms with Crippen LogP contribution >= 0.6 is 0 Å². The zero-order valence-corrected chi connectivity index (χ0v) is 9.89. The van der Waals surface area contributed by atoms with Crippen LogP contribution in [-0.2, 0) is 0 Å². The van der Waals surface area contributed by atoms with E-state index in [4.69, 9.17) is 4.74 Å². The van der Waals surface area contributed by atoms with Crippen LogP contribution in [0.2, 0.25) is 0 Å². The monoisotopic (exact) mass is 225 g/mol. The molecule has 0 atom stereocenters. The van der Waals surface area contributed by atoms with Gasteiger partial charge in [-0.05, 0) is 30.7 Å². The number of fused-ring (bicyclic) bond motifs is 1. The maximum Gasteiger partial charge on any atom is 0.143 e. The third-order valence-electron chi connectivity index (χ3n) is 3.13. The summed E-state index contributed by atoms with van der Waals surface area (Å²) < 4.78 is 5.67. The van der Waals surface area contributed by atoms with Gasteiger partial charge in [-0.25, -0.2) is 0 Å². The van der Waals surface area contributed by atoms with E-state index in [0.717, 1.165) is 24.6 Å². The molecular formula is C15H15NO. The molecule has 0 aliphatic carbocycles. The van der Waals surface area contributed by atoms with Crippen LogP contribution in [-0.4, -0.2) is 13.2 Å². The zero-order chi connectivity index (χ0) is 11.7.